The zero-order valence-electron chi connectivity index (χ0n) is 8.56. The third-order valence-corrected chi connectivity index (χ3v) is 2.95. The summed E-state index contributed by atoms with van der Waals surface area (Å²) >= 11 is 0. The van der Waals surface area contributed by atoms with Crippen molar-refractivity contribution >= 4 is 5.82 Å². The number of ether oxygens (including phenoxy) is 2. The van der Waals surface area contributed by atoms with Crippen LogP contribution < -0.4 is 4.90 Å². The molecule has 2 aliphatic heterocycles. The molecule has 0 saturated carbocycles. The molecule has 1 aromatic rings. The maximum Gasteiger partial charge on any atom is 0.132 e. The molecule has 3 heterocycles. The fraction of sp³-hybridized carbons (Fsp3) is 0.545. The molecule has 4 heteroatoms. The van der Waals surface area contributed by atoms with Gasteiger partial charge in [-0.05, 0) is 12.1 Å². The Hall–Kier alpha value is -1.13. The van der Waals surface area contributed by atoms with E-state index >= 15 is 0 Å². The van der Waals surface area contributed by atoms with Crippen molar-refractivity contribution in [1.29, 1.82) is 0 Å². The maximum atomic E-state index is 5.76. The van der Waals surface area contributed by atoms with Crippen molar-refractivity contribution in [2.75, 3.05) is 37.8 Å². The smallest absolute Gasteiger partial charge is 0.132 e. The van der Waals surface area contributed by atoms with Crippen LogP contribution in [0.5, 0.6) is 0 Å². The van der Waals surface area contributed by atoms with E-state index in [0.29, 0.717) is 0 Å². The first-order valence-corrected chi connectivity index (χ1v) is 5.26. The zero-order valence-corrected chi connectivity index (χ0v) is 8.56. The molecule has 0 atom stereocenters. The van der Waals surface area contributed by atoms with Crippen LogP contribution in [0.3, 0.4) is 0 Å². The molecule has 2 fully saturated rings. The lowest BCUT2D eigenvalue weighted by molar-refractivity contribution is -0.211. The summed E-state index contributed by atoms with van der Waals surface area (Å²) in [5.41, 5.74) is -0.0598. The van der Waals surface area contributed by atoms with Crippen LogP contribution in [0, 0.1) is 0 Å². The second-order valence-corrected chi connectivity index (χ2v) is 4.13. The van der Waals surface area contributed by atoms with Crippen molar-refractivity contribution in [1.82, 2.24) is 4.98 Å². The van der Waals surface area contributed by atoms with E-state index in [9.17, 15) is 0 Å². The molecule has 80 valence electrons. The molecular weight excluding hydrogens is 192 g/mol. The lowest BCUT2D eigenvalue weighted by atomic mass is 10.00. The van der Waals surface area contributed by atoms with E-state index < -0.39 is 0 Å². The number of pyridine rings is 1. The first-order valence-electron chi connectivity index (χ1n) is 5.26. The Morgan fingerprint density at radius 2 is 2.27 bits per heavy atom. The Balaban J connectivity index is 1.77. The van der Waals surface area contributed by atoms with Crippen molar-refractivity contribution in [2.45, 2.75) is 5.60 Å². The van der Waals surface area contributed by atoms with Gasteiger partial charge in [-0.1, -0.05) is 6.07 Å². The summed E-state index contributed by atoms with van der Waals surface area (Å²) in [7, 11) is 0. The number of aromatic nitrogens is 1. The lowest BCUT2D eigenvalue weighted by Gasteiger charge is -2.47. The molecule has 0 aromatic carbocycles. The highest BCUT2D eigenvalue weighted by Crippen LogP contribution is 2.28. The molecule has 0 unspecified atom stereocenters. The Kier molecular flexibility index (Phi) is 2.11. The van der Waals surface area contributed by atoms with Crippen LogP contribution in [0.25, 0.3) is 0 Å². The van der Waals surface area contributed by atoms with E-state index in [1.807, 2.05) is 24.4 Å². The third kappa shape index (κ3) is 1.60. The van der Waals surface area contributed by atoms with Gasteiger partial charge in [-0.25, -0.2) is 4.98 Å². The number of hydrogen-bond acceptors (Lipinski definition) is 4. The molecule has 3 rings (SSSR count). The van der Waals surface area contributed by atoms with Gasteiger partial charge in [0, 0.05) is 12.7 Å². The average molecular weight is 206 g/mol. The molecule has 1 aromatic heterocycles. The van der Waals surface area contributed by atoms with Gasteiger partial charge in [-0.15, -0.1) is 0 Å². The van der Waals surface area contributed by atoms with Crippen LogP contribution in [-0.4, -0.2) is 43.5 Å². The van der Waals surface area contributed by atoms with Crippen molar-refractivity contribution < 1.29 is 9.47 Å². The predicted molar refractivity (Wildman–Crippen MR) is 56.0 cm³/mol. The molecule has 0 aliphatic carbocycles. The molecular formula is C11H14N2O2. The van der Waals surface area contributed by atoms with Crippen LogP contribution in [-0.2, 0) is 9.47 Å². The molecule has 0 amide bonds. The van der Waals surface area contributed by atoms with Crippen LogP contribution in [0.4, 0.5) is 5.82 Å². The van der Waals surface area contributed by atoms with Gasteiger partial charge in [0.1, 0.15) is 11.4 Å². The maximum absolute atomic E-state index is 5.76. The van der Waals surface area contributed by atoms with Crippen LogP contribution in [0.1, 0.15) is 0 Å². The quantitative estimate of drug-likeness (QED) is 0.677. The van der Waals surface area contributed by atoms with Crippen LogP contribution in [0.15, 0.2) is 24.4 Å². The summed E-state index contributed by atoms with van der Waals surface area (Å²) in [6, 6.07) is 5.99. The predicted octanol–water partition coefficient (Wildman–Crippen LogP) is 0.687. The van der Waals surface area contributed by atoms with Gasteiger partial charge >= 0.3 is 0 Å². The summed E-state index contributed by atoms with van der Waals surface area (Å²) in [5, 5.41) is 0. The highest BCUT2D eigenvalue weighted by Gasteiger charge is 2.43. The fourth-order valence-corrected chi connectivity index (χ4v) is 2.09. The van der Waals surface area contributed by atoms with E-state index in [0.717, 1.165) is 38.7 Å². The topological polar surface area (TPSA) is 34.6 Å². The van der Waals surface area contributed by atoms with Crippen LogP contribution >= 0.6 is 0 Å². The first-order chi connectivity index (χ1) is 7.38. The Labute approximate surface area is 88.8 Å². The fourth-order valence-electron chi connectivity index (χ4n) is 2.09. The number of rotatable bonds is 1. The van der Waals surface area contributed by atoms with Gasteiger partial charge in [0.15, 0.2) is 0 Å². The van der Waals surface area contributed by atoms with Crippen molar-refractivity contribution in [3.05, 3.63) is 24.4 Å². The van der Waals surface area contributed by atoms with Crippen molar-refractivity contribution in [2.24, 2.45) is 0 Å². The number of hydrogen-bond donors (Lipinski definition) is 0. The Morgan fingerprint density at radius 3 is 2.93 bits per heavy atom. The lowest BCUT2D eigenvalue weighted by Crippen LogP contribution is -2.63. The van der Waals surface area contributed by atoms with E-state index in [1.54, 1.807) is 0 Å². The molecule has 4 nitrogen and oxygen atoms in total. The second kappa shape index (κ2) is 3.47. The molecule has 15 heavy (non-hydrogen) atoms. The summed E-state index contributed by atoms with van der Waals surface area (Å²) < 4.78 is 11.0. The van der Waals surface area contributed by atoms with E-state index in [-0.39, 0.29) is 5.60 Å². The van der Waals surface area contributed by atoms with Gasteiger partial charge in [0.25, 0.3) is 0 Å². The number of morpholine rings is 1. The van der Waals surface area contributed by atoms with Gasteiger partial charge < -0.3 is 14.4 Å². The highest BCUT2D eigenvalue weighted by molar-refractivity contribution is 5.39. The molecule has 2 saturated heterocycles. The van der Waals surface area contributed by atoms with Gasteiger partial charge in [0.2, 0.25) is 0 Å². The first kappa shape index (κ1) is 9.12. The average Bonchev–Trinajstić information content (AvgIpc) is 2.28. The monoisotopic (exact) mass is 206 g/mol. The van der Waals surface area contributed by atoms with Gasteiger partial charge in [-0.3, -0.25) is 0 Å². The van der Waals surface area contributed by atoms with Crippen LogP contribution in [0.2, 0.25) is 0 Å². The molecule has 0 radical (unpaired) electrons. The minimum Gasteiger partial charge on any atom is -0.375 e. The minimum absolute atomic E-state index is 0.0598. The standard InChI is InChI=1S/C11H14N2O2/c1-2-4-12-10(3-1)13-5-6-15-11(7-13)8-14-9-11/h1-4H,5-9H2. The molecule has 2 aliphatic rings. The SMILES string of the molecule is c1ccc(N2CCOC3(COC3)C2)nc1. The third-order valence-electron chi connectivity index (χ3n) is 2.95. The molecule has 0 bridgehead atoms. The molecule has 1 spiro atoms. The van der Waals surface area contributed by atoms with Crippen molar-refractivity contribution in [3.8, 4) is 0 Å². The number of anilines is 1. The summed E-state index contributed by atoms with van der Waals surface area (Å²) in [6.07, 6.45) is 1.83. The second-order valence-electron chi connectivity index (χ2n) is 4.13. The summed E-state index contributed by atoms with van der Waals surface area (Å²) in [6.45, 7) is 4.01. The summed E-state index contributed by atoms with van der Waals surface area (Å²) in [5.74, 6) is 1.03. The Morgan fingerprint density at radius 1 is 1.33 bits per heavy atom. The largest absolute Gasteiger partial charge is 0.375 e. The zero-order chi connectivity index (χ0) is 10.1. The minimum atomic E-state index is -0.0598. The van der Waals surface area contributed by atoms with Gasteiger partial charge in [-0.2, -0.15) is 0 Å². The van der Waals surface area contributed by atoms with Gasteiger partial charge in [0.05, 0.1) is 26.4 Å². The van der Waals surface area contributed by atoms with Crippen molar-refractivity contribution in [3.63, 3.8) is 0 Å². The van der Waals surface area contributed by atoms with E-state index in [4.69, 9.17) is 9.47 Å². The summed E-state index contributed by atoms with van der Waals surface area (Å²) in [4.78, 5) is 6.63. The number of nitrogens with zero attached hydrogens (tertiary/aromatic N) is 2. The van der Waals surface area contributed by atoms with E-state index in [2.05, 4.69) is 9.88 Å². The Bertz CT molecular complexity index is 338. The normalized spacial score (nSPS) is 23.9. The van der Waals surface area contributed by atoms with E-state index in [1.165, 1.54) is 0 Å². The molecule has 0 N–H and O–H groups in total. The highest BCUT2D eigenvalue weighted by atomic mass is 16.6.